The second kappa shape index (κ2) is 10.4. The molecule has 0 unspecified atom stereocenters. The Balaban J connectivity index is 0.00000136. The molecule has 3 aromatic rings. The number of rotatable bonds is 6. The van der Waals surface area contributed by atoms with E-state index in [-0.39, 0.29) is 11.0 Å². The summed E-state index contributed by atoms with van der Waals surface area (Å²) in [5.74, 6) is 0.920. The number of hydrogen-bond acceptors (Lipinski definition) is 6. The number of anilines is 2. The summed E-state index contributed by atoms with van der Waals surface area (Å²) in [4.78, 5) is 12.1. The first-order chi connectivity index (χ1) is 13.5. The second-order valence-electron chi connectivity index (χ2n) is 5.02. The molecule has 148 valence electrons. The van der Waals surface area contributed by atoms with Gasteiger partial charge in [-0.25, -0.2) is 15.0 Å². The first kappa shape index (κ1) is 21.3. The summed E-state index contributed by atoms with van der Waals surface area (Å²) in [6.45, 7) is 1.14. The van der Waals surface area contributed by atoms with Crippen LogP contribution in [0.15, 0.2) is 48.8 Å². The van der Waals surface area contributed by atoms with Gasteiger partial charge in [0, 0.05) is 18.0 Å². The average molecular weight is 409 g/mol. The van der Waals surface area contributed by atoms with E-state index in [1.165, 1.54) is 25.4 Å². The number of hydrogen-bond donors (Lipinski definition) is 1. The predicted molar refractivity (Wildman–Crippen MR) is 105 cm³/mol. The number of nitrogens with one attached hydrogen (secondary N) is 1. The molecule has 0 aliphatic rings. The highest BCUT2D eigenvalue weighted by molar-refractivity contribution is 6.28. The molecule has 0 amide bonds. The van der Waals surface area contributed by atoms with Crippen molar-refractivity contribution in [1.82, 2.24) is 15.0 Å². The zero-order valence-corrected chi connectivity index (χ0v) is 16.2. The van der Waals surface area contributed by atoms with Crippen molar-refractivity contribution in [3.63, 3.8) is 0 Å². The van der Waals surface area contributed by atoms with Crippen molar-refractivity contribution in [1.29, 1.82) is 0 Å². The monoisotopic (exact) mass is 408 g/mol. The SMILES string of the molecule is CC.COc1ncc(-c2ccc(OC(F)F)cc2)cc1Nc1ccnc(Cl)n1. The average Bonchev–Trinajstić information content (AvgIpc) is 2.70. The number of pyridine rings is 1. The Labute approximate surface area is 166 Å². The maximum atomic E-state index is 12.2. The molecule has 0 aliphatic heterocycles. The smallest absolute Gasteiger partial charge is 0.387 e. The van der Waals surface area contributed by atoms with E-state index in [0.717, 1.165) is 11.1 Å². The summed E-state index contributed by atoms with van der Waals surface area (Å²) in [6, 6.07) is 9.68. The molecule has 1 N–H and O–H groups in total. The highest BCUT2D eigenvalue weighted by Crippen LogP contribution is 2.31. The Kier molecular flexibility index (Phi) is 7.88. The van der Waals surface area contributed by atoms with Gasteiger partial charge in [0.25, 0.3) is 0 Å². The van der Waals surface area contributed by atoms with E-state index in [1.807, 2.05) is 13.8 Å². The minimum absolute atomic E-state index is 0.0826. The first-order valence-electron chi connectivity index (χ1n) is 8.40. The molecule has 0 spiro atoms. The van der Waals surface area contributed by atoms with Gasteiger partial charge in [0.1, 0.15) is 17.3 Å². The van der Waals surface area contributed by atoms with Gasteiger partial charge in [-0.3, -0.25) is 0 Å². The minimum Gasteiger partial charge on any atom is -0.480 e. The molecule has 2 aromatic heterocycles. The summed E-state index contributed by atoms with van der Waals surface area (Å²) in [6.07, 6.45) is 3.13. The zero-order valence-electron chi connectivity index (χ0n) is 15.5. The van der Waals surface area contributed by atoms with Gasteiger partial charge in [0.2, 0.25) is 11.2 Å². The number of benzene rings is 1. The van der Waals surface area contributed by atoms with E-state index in [0.29, 0.717) is 17.4 Å². The summed E-state index contributed by atoms with van der Waals surface area (Å²) < 4.78 is 34.1. The van der Waals surface area contributed by atoms with Crippen LogP contribution < -0.4 is 14.8 Å². The van der Waals surface area contributed by atoms with Crippen molar-refractivity contribution in [2.45, 2.75) is 20.5 Å². The van der Waals surface area contributed by atoms with E-state index >= 15 is 0 Å². The molecular formula is C19H19ClF2N4O2. The van der Waals surface area contributed by atoms with Gasteiger partial charge in [-0.05, 0) is 41.4 Å². The van der Waals surface area contributed by atoms with Gasteiger partial charge in [0.05, 0.1) is 7.11 Å². The van der Waals surface area contributed by atoms with Crippen molar-refractivity contribution in [3.8, 4) is 22.8 Å². The van der Waals surface area contributed by atoms with Gasteiger partial charge >= 0.3 is 6.61 Å². The van der Waals surface area contributed by atoms with E-state index in [9.17, 15) is 8.78 Å². The molecular weight excluding hydrogens is 390 g/mol. The summed E-state index contributed by atoms with van der Waals surface area (Å²) in [5, 5.41) is 3.17. The number of ether oxygens (including phenoxy) is 2. The fourth-order valence-corrected chi connectivity index (χ4v) is 2.38. The maximum absolute atomic E-state index is 12.2. The molecule has 9 heteroatoms. The molecule has 0 radical (unpaired) electrons. The predicted octanol–water partition coefficient (Wildman–Crippen LogP) is 5.57. The number of halogens is 3. The van der Waals surface area contributed by atoms with Gasteiger partial charge in [-0.1, -0.05) is 26.0 Å². The van der Waals surface area contributed by atoms with Crippen molar-refractivity contribution in [2.24, 2.45) is 0 Å². The van der Waals surface area contributed by atoms with Crippen LogP contribution in [0.3, 0.4) is 0 Å². The Morgan fingerprint density at radius 1 is 1.04 bits per heavy atom. The van der Waals surface area contributed by atoms with E-state index in [1.54, 1.807) is 30.5 Å². The van der Waals surface area contributed by atoms with Crippen LogP contribution in [0.5, 0.6) is 11.6 Å². The molecule has 28 heavy (non-hydrogen) atoms. The molecule has 3 rings (SSSR count). The van der Waals surface area contributed by atoms with E-state index in [2.05, 4.69) is 25.0 Å². The molecule has 0 saturated heterocycles. The van der Waals surface area contributed by atoms with Gasteiger partial charge < -0.3 is 14.8 Å². The van der Waals surface area contributed by atoms with Crippen LogP contribution in [0.1, 0.15) is 13.8 Å². The molecule has 0 saturated carbocycles. The third-order valence-electron chi connectivity index (χ3n) is 3.35. The Morgan fingerprint density at radius 2 is 1.75 bits per heavy atom. The highest BCUT2D eigenvalue weighted by Gasteiger charge is 2.10. The molecule has 1 aromatic carbocycles. The maximum Gasteiger partial charge on any atom is 0.387 e. The number of alkyl halides is 2. The third-order valence-corrected chi connectivity index (χ3v) is 3.53. The molecule has 0 fully saturated rings. The number of aromatic nitrogens is 3. The molecule has 6 nitrogen and oxygen atoms in total. The lowest BCUT2D eigenvalue weighted by Gasteiger charge is -2.12. The van der Waals surface area contributed by atoms with Crippen LogP contribution >= 0.6 is 11.6 Å². The first-order valence-corrected chi connectivity index (χ1v) is 8.78. The van der Waals surface area contributed by atoms with Crippen LogP contribution in [0.4, 0.5) is 20.3 Å². The van der Waals surface area contributed by atoms with Crippen molar-refractivity contribution in [3.05, 3.63) is 54.1 Å². The lowest BCUT2D eigenvalue weighted by molar-refractivity contribution is -0.0498. The number of nitrogens with zero attached hydrogens (tertiary/aromatic N) is 3. The molecule has 2 heterocycles. The molecule has 0 aliphatic carbocycles. The van der Waals surface area contributed by atoms with Crippen molar-refractivity contribution in [2.75, 3.05) is 12.4 Å². The van der Waals surface area contributed by atoms with Gasteiger partial charge in [-0.15, -0.1) is 0 Å². The zero-order chi connectivity index (χ0) is 20.5. The van der Waals surface area contributed by atoms with Gasteiger partial charge in [-0.2, -0.15) is 8.78 Å². The van der Waals surface area contributed by atoms with E-state index < -0.39 is 6.61 Å². The highest BCUT2D eigenvalue weighted by atomic mass is 35.5. The minimum atomic E-state index is -2.86. The van der Waals surface area contributed by atoms with E-state index in [4.69, 9.17) is 16.3 Å². The standard InChI is InChI=1S/C17H13ClF2N4O2.C2H6/c1-25-15-13(23-14-6-7-21-16(18)24-14)8-11(9-22-15)10-2-4-12(5-3-10)26-17(19)20;1-2/h2-9,17H,1H3,(H,21,23,24);1-2H3. The summed E-state index contributed by atoms with van der Waals surface area (Å²) in [7, 11) is 1.50. The topological polar surface area (TPSA) is 69.2 Å². The fraction of sp³-hybridized carbons (Fsp3) is 0.211. The van der Waals surface area contributed by atoms with Gasteiger partial charge in [0.15, 0.2) is 0 Å². The second-order valence-corrected chi connectivity index (χ2v) is 5.36. The third kappa shape index (κ3) is 5.75. The van der Waals surface area contributed by atoms with Crippen LogP contribution in [0, 0.1) is 0 Å². The van der Waals surface area contributed by atoms with Crippen LogP contribution in [0.25, 0.3) is 11.1 Å². The summed E-state index contributed by atoms with van der Waals surface area (Å²) >= 11 is 5.79. The number of methoxy groups -OCH3 is 1. The van der Waals surface area contributed by atoms with Crippen LogP contribution in [0.2, 0.25) is 5.28 Å². The molecule has 0 bridgehead atoms. The Bertz CT molecular complexity index is 895. The lowest BCUT2D eigenvalue weighted by Crippen LogP contribution is -2.01. The van der Waals surface area contributed by atoms with Crippen molar-refractivity contribution < 1.29 is 18.3 Å². The van der Waals surface area contributed by atoms with Crippen molar-refractivity contribution >= 4 is 23.1 Å². The quantitative estimate of drug-likeness (QED) is 0.537. The fourth-order valence-electron chi connectivity index (χ4n) is 2.23. The normalized spacial score (nSPS) is 10.1. The largest absolute Gasteiger partial charge is 0.480 e. The Hall–Kier alpha value is -3.00. The van der Waals surface area contributed by atoms with Crippen LogP contribution in [-0.2, 0) is 0 Å². The lowest BCUT2D eigenvalue weighted by atomic mass is 10.1. The summed E-state index contributed by atoms with van der Waals surface area (Å²) in [5.41, 5.74) is 2.08. The van der Waals surface area contributed by atoms with Crippen LogP contribution in [-0.4, -0.2) is 28.7 Å². The molecule has 0 atom stereocenters. The Morgan fingerprint density at radius 3 is 2.36 bits per heavy atom.